The number of methoxy groups -OCH3 is 2. The first kappa shape index (κ1) is 19.0. The molecule has 0 radical (unpaired) electrons. The van der Waals surface area contributed by atoms with Gasteiger partial charge in [0.2, 0.25) is 0 Å². The topological polar surface area (TPSA) is 52.8 Å². The minimum atomic E-state index is -0.674. The third kappa shape index (κ3) is 3.85. The van der Waals surface area contributed by atoms with E-state index in [1.807, 2.05) is 6.92 Å². The van der Waals surface area contributed by atoms with E-state index < -0.39 is 17.5 Å². The molecule has 0 saturated carbocycles. The van der Waals surface area contributed by atoms with Crippen LogP contribution in [0, 0.1) is 11.6 Å². The molecule has 0 atom stereocenters. The molecule has 0 bridgehead atoms. The Labute approximate surface area is 158 Å². The van der Waals surface area contributed by atoms with Gasteiger partial charge in [-0.2, -0.15) is 4.99 Å². The van der Waals surface area contributed by atoms with Crippen molar-refractivity contribution in [3.63, 3.8) is 0 Å². The van der Waals surface area contributed by atoms with Crippen molar-refractivity contribution in [3.05, 3.63) is 52.3 Å². The number of carbonyl (C=O) groups is 1. The molecule has 27 heavy (non-hydrogen) atoms. The lowest BCUT2D eigenvalue weighted by Gasteiger charge is -2.06. The smallest absolute Gasteiger partial charge is 0.279 e. The molecule has 0 saturated heterocycles. The lowest BCUT2D eigenvalue weighted by molar-refractivity contribution is 0.0997. The molecule has 0 unspecified atom stereocenters. The summed E-state index contributed by atoms with van der Waals surface area (Å²) in [7, 11) is 2.97. The van der Waals surface area contributed by atoms with Crippen molar-refractivity contribution >= 4 is 27.5 Å². The molecule has 0 aliphatic carbocycles. The first-order chi connectivity index (χ1) is 13.0. The maximum Gasteiger partial charge on any atom is 0.279 e. The molecule has 5 nitrogen and oxygen atoms in total. The van der Waals surface area contributed by atoms with Gasteiger partial charge in [0.25, 0.3) is 5.91 Å². The van der Waals surface area contributed by atoms with Gasteiger partial charge in [-0.3, -0.25) is 4.79 Å². The maximum atomic E-state index is 14.3. The first-order valence-corrected chi connectivity index (χ1v) is 9.09. The van der Waals surface area contributed by atoms with Gasteiger partial charge in [0.05, 0.1) is 24.4 Å². The van der Waals surface area contributed by atoms with Crippen LogP contribution in [0.4, 0.5) is 8.78 Å². The van der Waals surface area contributed by atoms with Gasteiger partial charge in [0.15, 0.2) is 10.6 Å². The lowest BCUT2D eigenvalue weighted by Crippen LogP contribution is -2.17. The number of hydrogen-bond donors (Lipinski definition) is 0. The first-order valence-electron chi connectivity index (χ1n) is 8.27. The quantitative estimate of drug-likeness (QED) is 0.656. The van der Waals surface area contributed by atoms with Crippen LogP contribution in [0.5, 0.6) is 11.5 Å². The van der Waals surface area contributed by atoms with Crippen LogP contribution in [0.1, 0.15) is 23.7 Å². The van der Waals surface area contributed by atoms with Crippen LogP contribution in [-0.4, -0.2) is 24.7 Å². The fraction of sp³-hybridized carbons (Fsp3) is 0.263. The number of amides is 1. The van der Waals surface area contributed by atoms with E-state index in [2.05, 4.69) is 4.99 Å². The Morgan fingerprint density at radius 1 is 1.11 bits per heavy atom. The molecule has 2 aromatic carbocycles. The van der Waals surface area contributed by atoms with Crippen molar-refractivity contribution in [3.8, 4) is 11.5 Å². The lowest BCUT2D eigenvalue weighted by atomic mass is 10.2. The number of rotatable bonds is 5. The summed E-state index contributed by atoms with van der Waals surface area (Å²) in [5.74, 6) is -0.950. The van der Waals surface area contributed by atoms with Gasteiger partial charge in [-0.05, 0) is 24.6 Å². The number of nitrogens with zero attached hydrogens (tertiary/aromatic N) is 2. The van der Waals surface area contributed by atoms with Gasteiger partial charge in [0, 0.05) is 24.2 Å². The summed E-state index contributed by atoms with van der Waals surface area (Å²) >= 11 is 1.07. The molecule has 1 heterocycles. The van der Waals surface area contributed by atoms with Gasteiger partial charge in [-0.25, -0.2) is 8.78 Å². The second kappa shape index (κ2) is 7.87. The van der Waals surface area contributed by atoms with E-state index in [0.29, 0.717) is 34.0 Å². The fourth-order valence-electron chi connectivity index (χ4n) is 2.73. The molecule has 0 aliphatic heterocycles. The molecule has 8 heteroatoms. The molecule has 1 amide bonds. The van der Waals surface area contributed by atoms with Crippen molar-refractivity contribution in [1.29, 1.82) is 0 Å². The highest BCUT2D eigenvalue weighted by Crippen LogP contribution is 2.24. The van der Waals surface area contributed by atoms with E-state index in [1.165, 1.54) is 20.3 Å². The molecule has 0 N–H and O–H groups in total. The highest BCUT2D eigenvalue weighted by atomic mass is 32.1. The average Bonchev–Trinajstić information content (AvgIpc) is 2.98. The summed E-state index contributed by atoms with van der Waals surface area (Å²) in [6.45, 7) is 2.38. The largest absolute Gasteiger partial charge is 0.497 e. The number of halogens is 2. The maximum absolute atomic E-state index is 14.3. The van der Waals surface area contributed by atoms with Crippen LogP contribution in [0.3, 0.4) is 0 Å². The Kier molecular flexibility index (Phi) is 5.55. The zero-order valence-electron chi connectivity index (χ0n) is 15.1. The number of aryl methyl sites for hydroxylation is 1. The van der Waals surface area contributed by atoms with Crippen LogP contribution in [-0.2, 0) is 6.54 Å². The number of aromatic nitrogens is 1. The van der Waals surface area contributed by atoms with E-state index in [-0.39, 0.29) is 11.1 Å². The monoisotopic (exact) mass is 392 g/mol. The predicted octanol–water partition coefficient (Wildman–Crippen LogP) is 4.15. The standard InChI is InChI=1S/C19H18F2N2O3S/c1-4-5-23-17-15(21)8-12(20)9-16(17)27-19(23)22-18(24)11-6-13(25-2)10-14(7-11)26-3/h6-10H,4-5H2,1-3H3. The van der Waals surface area contributed by atoms with Crippen LogP contribution >= 0.6 is 11.3 Å². The van der Waals surface area contributed by atoms with Gasteiger partial charge in [-0.15, -0.1) is 0 Å². The van der Waals surface area contributed by atoms with E-state index in [4.69, 9.17) is 9.47 Å². The van der Waals surface area contributed by atoms with E-state index >= 15 is 0 Å². The number of carbonyl (C=O) groups excluding carboxylic acids is 1. The summed E-state index contributed by atoms with van der Waals surface area (Å²) in [5.41, 5.74) is 0.524. The number of fused-ring (bicyclic) bond motifs is 1. The molecule has 0 spiro atoms. The Morgan fingerprint density at radius 3 is 2.37 bits per heavy atom. The van der Waals surface area contributed by atoms with Crippen molar-refractivity contribution in [2.45, 2.75) is 19.9 Å². The van der Waals surface area contributed by atoms with Crippen LogP contribution in [0.25, 0.3) is 10.2 Å². The normalized spacial score (nSPS) is 11.8. The SMILES string of the molecule is CCCn1c(=NC(=O)c2cc(OC)cc(OC)c2)sc2cc(F)cc(F)c21. The summed E-state index contributed by atoms with van der Waals surface area (Å²) in [6.07, 6.45) is 0.705. The summed E-state index contributed by atoms with van der Waals surface area (Å²) in [6, 6.07) is 6.82. The van der Waals surface area contributed by atoms with Crippen LogP contribution in [0.2, 0.25) is 0 Å². The summed E-state index contributed by atoms with van der Waals surface area (Å²) < 4.78 is 40.2. The highest BCUT2D eigenvalue weighted by molar-refractivity contribution is 7.16. The van der Waals surface area contributed by atoms with Crippen molar-refractivity contribution in [1.82, 2.24) is 4.57 Å². The average molecular weight is 392 g/mol. The number of thiazole rings is 1. The molecule has 0 aliphatic rings. The summed E-state index contributed by atoms with van der Waals surface area (Å²) in [5, 5.41) is 0. The second-order valence-electron chi connectivity index (χ2n) is 5.79. The van der Waals surface area contributed by atoms with E-state index in [9.17, 15) is 13.6 Å². The fourth-order valence-corrected chi connectivity index (χ4v) is 3.82. The number of ether oxygens (including phenoxy) is 2. The summed E-state index contributed by atoms with van der Waals surface area (Å²) in [4.78, 5) is 17.1. The van der Waals surface area contributed by atoms with Crippen molar-refractivity contribution in [2.75, 3.05) is 14.2 Å². The Morgan fingerprint density at radius 2 is 1.78 bits per heavy atom. The Bertz CT molecular complexity index is 1050. The molecule has 3 aromatic rings. The zero-order valence-corrected chi connectivity index (χ0v) is 15.9. The Hall–Kier alpha value is -2.74. The van der Waals surface area contributed by atoms with Gasteiger partial charge >= 0.3 is 0 Å². The van der Waals surface area contributed by atoms with Crippen LogP contribution < -0.4 is 14.3 Å². The van der Waals surface area contributed by atoms with Gasteiger partial charge in [0.1, 0.15) is 17.3 Å². The molecule has 142 valence electrons. The van der Waals surface area contributed by atoms with Crippen molar-refractivity contribution in [2.24, 2.45) is 4.99 Å². The van der Waals surface area contributed by atoms with E-state index in [1.54, 1.807) is 22.8 Å². The minimum Gasteiger partial charge on any atom is -0.497 e. The third-order valence-corrected chi connectivity index (χ3v) is 4.96. The number of benzene rings is 2. The predicted molar refractivity (Wildman–Crippen MR) is 99.5 cm³/mol. The van der Waals surface area contributed by atoms with Gasteiger partial charge in [-0.1, -0.05) is 18.3 Å². The highest BCUT2D eigenvalue weighted by Gasteiger charge is 2.15. The Balaban J connectivity index is 2.16. The van der Waals surface area contributed by atoms with Crippen LogP contribution in [0.15, 0.2) is 35.3 Å². The zero-order chi connectivity index (χ0) is 19.6. The van der Waals surface area contributed by atoms with Crippen molar-refractivity contribution < 1.29 is 23.0 Å². The molecular weight excluding hydrogens is 374 g/mol. The minimum absolute atomic E-state index is 0.248. The molecule has 3 rings (SSSR count). The second-order valence-corrected chi connectivity index (χ2v) is 6.80. The van der Waals surface area contributed by atoms with E-state index in [0.717, 1.165) is 17.4 Å². The van der Waals surface area contributed by atoms with Gasteiger partial charge < -0.3 is 14.0 Å². The number of hydrogen-bond acceptors (Lipinski definition) is 4. The third-order valence-electron chi connectivity index (χ3n) is 3.94. The molecule has 1 aromatic heterocycles. The molecular formula is C19H18F2N2O3S. The molecule has 0 fully saturated rings.